The molecule has 0 aliphatic rings. The normalized spacial score (nSPS) is 10.6. The van der Waals surface area contributed by atoms with E-state index in [-0.39, 0.29) is 5.69 Å². The van der Waals surface area contributed by atoms with Crippen LogP contribution in [0.15, 0.2) is 22.0 Å². The molecule has 2 heterocycles. The zero-order chi connectivity index (χ0) is 12.3. The first-order chi connectivity index (χ1) is 8.16. The van der Waals surface area contributed by atoms with E-state index in [1.165, 1.54) is 16.5 Å². The summed E-state index contributed by atoms with van der Waals surface area (Å²) in [5, 5.41) is 17.3. The Morgan fingerprint density at radius 1 is 1.59 bits per heavy atom. The van der Waals surface area contributed by atoms with Crippen LogP contribution in [0.4, 0.5) is 0 Å². The number of carboxylic acids is 1. The summed E-state index contributed by atoms with van der Waals surface area (Å²) in [5.74, 6) is -0.550. The molecule has 0 fully saturated rings. The molecule has 0 bridgehead atoms. The summed E-state index contributed by atoms with van der Waals surface area (Å²) in [4.78, 5) is 11.8. The van der Waals surface area contributed by atoms with Crippen LogP contribution in [0.5, 0.6) is 0 Å². The molecule has 5 nitrogen and oxygen atoms in total. The Labute approximate surface area is 102 Å². The van der Waals surface area contributed by atoms with Crippen molar-refractivity contribution >= 4 is 17.3 Å². The van der Waals surface area contributed by atoms with Crippen LogP contribution in [0.1, 0.15) is 26.7 Å². The van der Waals surface area contributed by atoms with Gasteiger partial charge >= 0.3 is 5.97 Å². The minimum atomic E-state index is -1.07. The van der Waals surface area contributed by atoms with Gasteiger partial charge in [-0.3, -0.25) is 0 Å². The average molecular weight is 252 g/mol. The number of nitrogens with zero attached hydrogens (tertiary/aromatic N) is 1. The van der Waals surface area contributed by atoms with Crippen molar-refractivity contribution in [2.45, 2.75) is 20.0 Å². The molecule has 0 radical (unpaired) electrons. The minimum absolute atomic E-state index is 0.0610. The maximum atomic E-state index is 10.6. The molecule has 17 heavy (non-hydrogen) atoms. The highest BCUT2D eigenvalue weighted by Gasteiger charge is 2.10. The van der Waals surface area contributed by atoms with E-state index in [0.29, 0.717) is 12.3 Å². The molecule has 0 aliphatic heterocycles. The fourth-order valence-corrected chi connectivity index (χ4v) is 2.26. The highest BCUT2D eigenvalue weighted by Crippen LogP contribution is 2.15. The summed E-state index contributed by atoms with van der Waals surface area (Å²) in [5.41, 5.74) is 1.19. The van der Waals surface area contributed by atoms with Gasteiger partial charge < -0.3 is 14.9 Å². The van der Waals surface area contributed by atoms with Crippen LogP contribution in [-0.2, 0) is 13.1 Å². The Kier molecular flexibility index (Phi) is 3.55. The largest absolute Gasteiger partial charge is 0.476 e. The van der Waals surface area contributed by atoms with Crippen LogP contribution < -0.4 is 5.32 Å². The molecule has 0 unspecified atom stereocenters. The van der Waals surface area contributed by atoms with Crippen LogP contribution in [0.2, 0.25) is 0 Å². The molecule has 2 aromatic heterocycles. The Morgan fingerprint density at radius 3 is 3.00 bits per heavy atom. The maximum Gasteiger partial charge on any atom is 0.358 e. The van der Waals surface area contributed by atoms with Gasteiger partial charge in [-0.1, -0.05) is 5.16 Å². The van der Waals surface area contributed by atoms with Gasteiger partial charge in [-0.25, -0.2) is 4.79 Å². The van der Waals surface area contributed by atoms with Gasteiger partial charge in [0.15, 0.2) is 11.5 Å². The lowest BCUT2D eigenvalue weighted by Gasteiger charge is -2.00. The van der Waals surface area contributed by atoms with E-state index in [4.69, 9.17) is 9.63 Å². The van der Waals surface area contributed by atoms with Crippen LogP contribution in [0.3, 0.4) is 0 Å². The molecule has 2 rings (SSSR count). The zero-order valence-corrected chi connectivity index (χ0v) is 10.1. The number of aromatic nitrogens is 1. The summed E-state index contributed by atoms with van der Waals surface area (Å²) < 4.78 is 4.89. The highest BCUT2D eigenvalue weighted by molar-refractivity contribution is 7.10. The van der Waals surface area contributed by atoms with E-state index in [9.17, 15) is 4.79 Å². The Hall–Kier alpha value is -1.66. The number of rotatable bonds is 5. The fraction of sp³-hybridized carbons (Fsp3) is 0.273. The first-order valence-electron chi connectivity index (χ1n) is 5.09. The van der Waals surface area contributed by atoms with Gasteiger partial charge in [0.25, 0.3) is 0 Å². The van der Waals surface area contributed by atoms with Gasteiger partial charge in [0.05, 0.1) is 6.54 Å². The van der Waals surface area contributed by atoms with E-state index >= 15 is 0 Å². The molecule has 0 saturated heterocycles. The molecular weight excluding hydrogens is 240 g/mol. The van der Waals surface area contributed by atoms with Crippen molar-refractivity contribution in [3.63, 3.8) is 0 Å². The molecule has 0 spiro atoms. The zero-order valence-electron chi connectivity index (χ0n) is 9.27. The van der Waals surface area contributed by atoms with Crippen molar-refractivity contribution in [3.05, 3.63) is 39.4 Å². The summed E-state index contributed by atoms with van der Waals surface area (Å²) in [6, 6.07) is 3.50. The lowest BCUT2D eigenvalue weighted by Crippen LogP contribution is -2.11. The molecule has 90 valence electrons. The third-order valence-electron chi connectivity index (χ3n) is 2.33. The molecule has 6 heteroatoms. The van der Waals surface area contributed by atoms with E-state index in [1.807, 2.05) is 5.38 Å². The third-order valence-corrected chi connectivity index (χ3v) is 3.35. The van der Waals surface area contributed by atoms with Crippen molar-refractivity contribution in [2.75, 3.05) is 0 Å². The molecule has 0 saturated carbocycles. The minimum Gasteiger partial charge on any atom is -0.476 e. The number of nitrogens with one attached hydrogen (secondary N) is 1. The van der Waals surface area contributed by atoms with Crippen molar-refractivity contribution in [1.82, 2.24) is 10.5 Å². The molecule has 0 atom stereocenters. The number of aromatic carboxylic acids is 1. The topological polar surface area (TPSA) is 75.4 Å². The Bertz CT molecular complexity index is 518. The average Bonchev–Trinajstić information content (AvgIpc) is 2.89. The summed E-state index contributed by atoms with van der Waals surface area (Å²) in [7, 11) is 0. The Morgan fingerprint density at radius 2 is 2.41 bits per heavy atom. The quantitative estimate of drug-likeness (QED) is 0.851. The Balaban J connectivity index is 1.86. The number of carbonyl (C=O) groups is 1. The van der Waals surface area contributed by atoms with E-state index < -0.39 is 5.97 Å². The first-order valence-corrected chi connectivity index (χ1v) is 5.97. The van der Waals surface area contributed by atoms with Crippen molar-refractivity contribution < 1.29 is 14.4 Å². The molecule has 0 aromatic carbocycles. The van der Waals surface area contributed by atoms with Gasteiger partial charge in [0.1, 0.15) is 0 Å². The lowest BCUT2D eigenvalue weighted by atomic mass is 10.3. The van der Waals surface area contributed by atoms with Crippen molar-refractivity contribution in [3.8, 4) is 0 Å². The van der Waals surface area contributed by atoms with E-state index in [0.717, 1.165) is 6.54 Å². The predicted octanol–water partition coefficient (Wildman–Crippen LogP) is 2.03. The fourth-order valence-electron chi connectivity index (χ4n) is 1.38. The molecule has 0 aliphatic carbocycles. The summed E-state index contributed by atoms with van der Waals surface area (Å²) >= 11 is 1.69. The van der Waals surface area contributed by atoms with Crippen LogP contribution in [0.25, 0.3) is 0 Å². The maximum absolute atomic E-state index is 10.6. The van der Waals surface area contributed by atoms with E-state index in [1.54, 1.807) is 11.3 Å². The lowest BCUT2D eigenvalue weighted by molar-refractivity contribution is 0.0685. The number of thiophene rings is 1. The van der Waals surface area contributed by atoms with Crippen LogP contribution in [0, 0.1) is 6.92 Å². The second-order valence-electron chi connectivity index (χ2n) is 3.61. The smallest absolute Gasteiger partial charge is 0.358 e. The SMILES string of the molecule is Cc1ccsc1CNCc1cc(C(=O)O)no1. The van der Waals surface area contributed by atoms with E-state index in [2.05, 4.69) is 23.5 Å². The van der Waals surface area contributed by atoms with Gasteiger partial charge in [-0.15, -0.1) is 11.3 Å². The number of hydrogen-bond donors (Lipinski definition) is 2. The van der Waals surface area contributed by atoms with Crippen molar-refractivity contribution in [1.29, 1.82) is 0 Å². The summed E-state index contributed by atoms with van der Waals surface area (Å²) in [6.07, 6.45) is 0. The van der Waals surface area contributed by atoms with Crippen molar-refractivity contribution in [2.24, 2.45) is 0 Å². The predicted molar refractivity (Wildman–Crippen MR) is 63.1 cm³/mol. The van der Waals surface area contributed by atoms with Crippen LogP contribution in [-0.4, -0.2) is 16.2 Å². The summed E-state index contributed by atoms with van der Waals surface area (Å²) in [6.45, 7) is 3.27. The van der Waals surface area contributed by atoms with Gasteiger partial charge in [0.2, 0.25) is 0 Å². The molecular formula is C11H12N2O3S. The first kappa shape index (κ1) is 11.8. The second-order valence-corrected chi connectivity index (χ2v) is 4.61. The number of aryl methyl sites for hydroxylation is 1. The van der Waals surface area contributed by atoms with Gasteiger partial charge in [-0.05, 0) is 23.9 Å². The van der Waals surface area contributed by atoms with Crippen LogP contribution >= 0.6 is 11.3 Å². The van der Waals surface area contributed by atoms with Gasteiger partial charge in [0, 0.05) is 17.5 Å². The number of hydrogen-bond acceptors (Lipinski definition) is 5. The molecule has 2 aromatic rings. The molecule has 2 N–H and O–H groups in total. The monoisotopic (exact) mass is 252 g/mol. The molecule has 0 amide bonds. The second kappa shape index (κ2) is 5.11. The van der Waals surface area contributed by atoms with Gasteiger partial charge in [-0.2, -0.15) is 0 Å². The standard InChI is InChI=1S/C11H12N2O3S/c1-7-2-3-17-10(7)6-12-5-8-4-9(11(14)15)13-16-8/h2-4,12H,5-6H2,1H3,(H,14,15). The third kappa shape index (κ3) is 2.92. The number of carboxylic acid groups (broad SMARTS) is 1. The highest BCUT2D eigenvalue weighted by atomic mass is 32.1.